The van der Waals surface area contributed by atoms with Gasteiger partial charge in [-0.2, -0.15) is 0 Å². The Kier molecular flexibility index (Phi) is 4.76. The molecule has 0 radical (unpaired) electrons. The zero-order valence-electron chi connectivity index (χ0n) is 8.95. The fourth-order valence-corrected chi connectivity index (χ4v) is 1.99. The summed E-state index contributed by atoms with van der Waals surface area (Å²) in [5.74, 6) is -0.174. The second kappa shape index (κ2) is 5.63. The largest absolute Gasteiger partial charge is 0.384 e. The lowest BCUT2D eigenvalue weighted by Gasteiger charge is -2.35. The molecular formula is C10H17BrN2O2. The van der Waals surface area contributed by atoms with Gasteiger partial charge in [0.05, 0.1) is 0 Å². The monoisotopic (exact) mass is 276 g/mol. The Hall–Kier alpha value is -0.390. The minimum Gasteiger partial charge on any atom is -0.384 e. The molecule has 1 heterocycles. The summed E-state index contributed by atoms with van der Waals surface area (Å²) in [5.41, 5.74) is 0. The molecule has 1 fully saturated rings. The van der Waals surface area contributed by atoms with Gasteiger partial charge in [-0.15, -0.1) is 0 Å². The summed E-state index contributed by atoms with van der Waals surface area (Å²) in [7, 11) is 0. The third kappa shape index (κ3) is 3.93. The highest BCUT2D eigenvalue weighted by Crippen LogP contribution is 2.08. The van der Waals surface area contributed by atoms with E-state index in [-0.39, 0.29) is 5.91 Å². The second-order valence-electron chi connectivity index (χ2n) is 3.79. The van der Waals surface area contributed by atoms with Crippen molar-refractivity contribution in [2.45, 2.75) is 13.0 Å². The van der Waals surface area contributed by atoms with Crippen molar-refractivity contribution in [2.75, 3.05) is 32.7 Å². The normalized spacial score (nSPS) is 20.1. The molecule has 5 heteroatoms. The molecule has 0 saturated carbocycles. The van der Waals surface area contributed by atoms with Gasteiger partial charge in [-0.05, 0) is 6.92 Å². The van der Waals surface area contributed by atoms with E-state index < -0.39 is 6.10 Å². The SMILES string of the molecule is C=C(Br)CN1CCN(C(=O)[C@@H](C)O)CC1. The van der Waals surface area contributed by atoms with E-state index in [4.69, 9.17) is 5.11 Å². The Labute approximate surface area is 98.7 Å². The number of nitrogens with zero attached hydrogens (tertiary/aromatic N) is 2. The van der Waals surface area contributed by atoms with Crippen molar-refractivity contribution < 1.29 is 9.90 Å². The van der Waals surface area contributed by atoms with E-state index >= 15 is 0 Å². The smallest absolute Gasteiger partial charge is 0.251 e. The van der Waals surface area contributed by atoms with Crippen LogP contribution in [0.25, 0.3) is 0 Å². The maximum absolute atomic E-state index is 11.5. The number of carbonyl (C=O) groups is 1. The number of rotatable bonds is 3. The van der Waals surface area contributed by atoms with Crippen LogP contribution in [-0.4, -0.2) is 59.6 Å². The second-order valence-corrected chi connectivity index (χ2v) is 4.92. The van der Waals surface area contributed by atoms with Gasteiger partial charge in [-0.3, -0.25) is 9.69 Å². The van der Waals surface area contributed by atoms with Crippen LogP contribution in [0.4, 0.5) is 0 Å². The van der Waals surface area contributed by atoms with Gasteiger partial charge in [-0.1, -0.05) is 22.5 Å². The molecule has 0 bridgehead atoms. The Morgan fingerprint density at radius 1 is 1.47 bits per heavy atom. The predicted octanol–water partition coefficient (Wildman–Crippen LogP) is 0.420. The number of aliphatic hydroxyl groups is 1. The first kappa shape index (κ1) is 12.7. The van der Waals surface area contributed by atoms with Gasteiger partial charge in [0, 0.05) is 37.2 Å². The fourth-order valence-electron chi connectivity index (χ4n) is 1.63. The summed E-state index contributed by atoms with van der Waals surface area (Å²) >= 11 is 3.32. The first-order valence-corrected chi connectivity index (χ1v) is 5.82. The molecule has 1 rings (SSSR count). The molecule has 0 unspecified atom stereocenters. The molecule has 1 aliphatic rings. The first-order valence-electron chi connectivity index (χ1n) is 5.03. The number of carbonyl (C=O) groups excluding carboxylic acids is 1. The van der Waals surface area contributed by atoms with Crippen molar-refractivity contribution in [3.63, 3.8) is 0 Å². The molecule has 1 saturated heterocycles. The number of amides is 1. The molecule has 15 heavy (non-hydrogen) atoms. The van der Waals surface area contributed by atoms with Crippen LogP contribution in [0.2, 0.25) is 0 Å². The Balaban J connectivity index is 2.35. The Morgan fingerprint density at radius 2 is 2.00 bits per heavy atom. The van der Waals surface area contributed by atoms with Crippen molar-refractivity contribution in [2.24, 2.45) is 0 Å². The van der Waals surface area contributed by atoms with Gasteiger partial charge < -0.3 is 10.0 Å². The van der Waals surface area contributed by atoms with Gasteiger partial charge in [-0.25, -0.2) is 0 Å². The lowest BCUT2D eigenvalue weighted by atomic mass is 10.2. The van der Waals surface area contributed by atoms with Crippen LogP contribution >= 0.6 is 15.9 Å². The van der Waals surface area contributed by atoms with E-state index in [1.165, 1.54) is 6.92 Å². The molecule has 1 aliphatic heterocycles. The molecule has 0 aromatic heterocycles. The molecule has 1 N–H and O–H groups in total. The van der Waals surface area contributed by atoms with Crippen LogP contribution in [0.3, 0.4) is 0 Å². The first-order chi connectivity index (χ1) is 7.00. The van der Waals surface area contributed by atoms with Crippen molar-refractivity contribution in [1.82, 2.24) is 9.80 Å². The standard InChI is InChI=1S/C10H17BrN2O2/c1-8(11)7-12-3-5-13(6-4-12)10(15)9(2)14/h9,14H,1,3-7H2,2H3/t9-/m1/s1. The van der Waals surface area contributed by atoms with Crippen LogP contribution in [0.5, 0.6) is 0 Å². The van der Waals surface area contributed by atoms with Crippen LogP contribution < -0.4 is 0 Å². The van der Waals surface area contributed by atoms with E-state index in [2.05, 4.69) is 27.4 Å². The molecule has 0 aromatic rings. The quantitative estimate of drug-likeness (QED) is 0.813. The summed E-state index contributed by atoms with van der Waals surface area (Å²) in [6.07, 6.45) is -0.886. The Morgan fingerprint density at radius 3 is 2.40 bits per heavy atom. The molecule has 0 spiro atoms. The number of hydrogen-bond donors (Lipinski definition) is 1. The van der Waals surface area contributed by atoms with E-state index in [1.54, 1.807) is 4.90 Å². The lowest BCUT2D eigenvalue weighted by molar-refractivity contribution is -0.140. The van der Waals surface area contributed by atoms with Crippen LogP contribution in [0.15, 0.2) is 11.1 Å². The number of piperazine rings is 1. The number of aliphatic hydroxyl groups excluding tert-OH is 1. The zero-order chi connectivity index (χ0) is 11.4. The molecular weight excluding hydrogens is 260 g/mol. The highest BCUT2D eigenvalue weighted by molar-refractivity contribution is 9.11. The summed E-state index contributed by atoms with van der Waals surface area (Å²) in [5, 5.41) is 9.16. The third-order valence-electron chi connectivity index (χ3n) is 2.44. The molecule has 1 atom stereocenters. The van der Waals surface area contributed by atoms with E-state index in [0.29, 0.717) is 13.1 Å². The summed E-state index contributed by atoms with van der Waals surface area (Å²) in [6.45, 7) is 9.15. The molecule has 86 valence electrons. The molecule has 0 aliphatic carbocycles. The van der Waals surface area contributed by atoms with E-state index in [1.807, 2.05) is 0 Å². The topological polar surface area (TPSA) is 43.8 Å². The molecule has 0 aromatic carbocycles. The van der Waals surface area contributed by atoms with Crippen LogP contribution in [0.1, 0.15) is 6.92 Å². The van der Waals surface area contributed by atoms with Crippen molar-refractivity contribution >= 4 is 21.8 Å². The Bertz CT molecular complexity index is 248. The maximum atomic E-state index is 11.5. The summed E-state index contributed by atoms with van der Waals surface area (Å²) in [4.78, 5) is 15.4. The van der Waals surface area contributed by atoms with Gasteiger partial charge in [0.1, 0.15) is 6.10 Å². The summed E-state index contributed by atoms with van der Waals surface area (Å²) < 4.78 is 0.956. The van der Waals surface area contributed by atoms with Crippen molar-refractivity contribution in [3.05, 3.63) is 11.1 Å². The highest BCUT2D eigenvalue weighted by atomic mass is 79.9. The average molecular weight is 277 g/mol. The average Bonchev–Trinajstić information content (AvgIpc) is 2.17. The maximum Gasteiger partial charge on any atom is 0.251 e. The molecule has 1 amide bonds. The number of halogens is 1. The van der Waals surface area contributed by atoms with Gasteiger partial charge in [0.25, 0.3) is 5.91 Å². The van der Waals surface area contributed by atoms with Crippen molar-refractivity contribution in [3.8, 4) is 0 Å². The summed E-state index contributed by atoms with van der Waals surface area (Å²) in [6, 6.07) is 0. The van der Waals surface area contributed by atoms with E-state index in [9.17, 15) is 4.79 Å². The number of hydrogen-bond acceptors (Lipinski definition) is 3. The van der Waals surface area contributed by atoms with Crippen LogP contribution in [-0.2, 0) is 4.79 Å². The van der Waals surface area contributed by atoms with Crippen molar-refractivity contribution in [1.29, 1.82) is 0 Å². The van der Waals surface area contributed by atoms with Gasteiger partial charge in [0.2, 0.25) is 0 Å². The van der Waals surface area contributed by atoms with E-state index in [0.717, 1.165) is 24.1 Å². The third-order valence-corrected chi connectivity index (χ3v) is 2.69. The fraction of sp³-hybridized carbons (Fsp3) is 0.700. The minimum atomic E-state index is -0.886. The highest BCUT2D eigenvalue weighted by Gasteiger charge is 2.23. The van der Waals surface area contributed by atoms with Crippen LogP contribution in [0, 0.1) is 0 Å². The van der Waals surface area contributed by atoms with Gasteiger partial charge >= 0.3 is 0 Å². The molecule has 4 nitrogen and oxygen atoms in total. The predicted molar refractivity (Wildman–Crippen MR) is 62.8 cm³/mol. The minimum absolute atomic E-state index is 0.174. The lowest BCUT2D eigenvalue weighted by Crippen LogP contribution is -2.51. The van der Waals surface area contributed by atoms with Gasteiger partial charge in [0.15, 0.2) is 0 Å². The zero-order valence-corrected chi connectivity index (χ0v) is 10.5.